The Morgan fingerprint density at radius 2 is 1.38 bits per heavy atom. The molecule has 1 aromatic heterocycles. The van der Waals surface area contributed by atoms with Crippen molar-refractivity contribution in [3.05, 3.63) is 120 Å². The number of hydrogen-bond donors (Lipinski definition) is 2. The van der Waals surface area contributed by atoms with E-state index in [-0.39, 0.29) is 17.0 Å². The van der Waals surface area contributed by atoms with Crippen LogP contribution in [0.4, 0.5) is 0 Å². The highest BCUT2D eigenvalue weighted by Gasteiger charge is 2.36. The first kappa shape index (κ1) is 25.7. The first-order chi connectivity index (χ1) is 16.0. The third-order valence-corrected chi connectivity index (χ3v) is 5.90. The normalized spacial score (nSPS) is 11.6. The number of ether oxygens (including phenoxy) is 1. The third-order valence-electron chi connectivity index (χ3n) is 5.90. The van der Waals surface area contributed by atoms with Crippen LogP contribution in [0.15, 0.2) is 97.1 Å². The Bertz CT molecular complexity index is 1090. The lowest BCUT2D eigenvalue weighted by atomic mass is 9.83. The summed E-state index contributed by atoms with van der Waals surface area (Å²) in [6.07, 6.45) is 0.945. The molecule has 3 aromatic carbocycles. The van der Waals surface area contributed by atoms with Crippen LogP contribution >= 0.6 is 0 Å². The monoisotopic (exact) mass is 521 g/mol. The highest BCUT2D eigenvalue weighted by molar-refractivity contribution is 5.44. The summed E-state index contributed by atoms with van der Waals surface area (Å²) >= 11 is 0. The van der Waals surface area contributed by atoms with Crippen LogP contribution in [-0.2, 0) is 12.1 Å². The van der Waals surface area contributed by atoms with Crippen molar-refractivity contribution in [3.8, 4) is 5.75 Å². The molecule has 34 heavy (non-hydrogen) atoms. The van der Waals surface area contributed by atoms with Gasteiger partial charge in [0.25, 0.3) is 0 Å². The zero-order valence-electron chi connectivity index (χ0n) is 19.7. The molecule has 178 valence electrons. The maximum absolute atomic E-state index is 11.9. The van der Waals surface area contributed by atoms with E-state index in [1.165, 1.54) is 0 Å². The molecule has 0 aliphatic rings. The molecule has 0 fully saturated rings. The molecule has 0 atom stereocenters. The maximum Gasteiger partial charge on any atom is 0.159 e. The molecule has 0 bridgehead atoms. The van der Waals surface area contributed by atoms with Crippen LogP contribution in [0.5, 0.6) is 5.75 Å². The third kappa shape index (κ3) is 6.14. The van der Waals surface area contributed by atoms with Crippen molar-refractivity contribution in [1.29, 1.82) is 0 Å². The van der Waals surface area contributed by atoms with Crippen LogP contribution in [-0.4, -0.2) is 47.0 Å². The second-order valence-electron chi connectivity index (χ2n) is 9.05. The molecule has 0 spiro atoms. The first-order valence-electron chi connectivity index (χ1n) is 11.4. The van der Waals surface area contributed by atoms with Gasteiger partial charge in [-0.3, -0.25) is 5.10 Å². The molecule has 0 aliphatic carbocycles. The van der Waals surface area contributed by atoms with Gasteiger partial charge in [0.2, 0.25) is 0 Å². The minimum atomic E-state index is -1.32. The van der Waals surface area contributed by atoms with E-state index in [0.29, 0.717) is 12.3 Å². The molecule has 0 radical (unpaired) electrons. The van der Waals surface area contributed by atoms with Crippen molar-refractivity contribution < 1.29 is 31.3 Å². The molecule has 1 heterocycles. The van der Waals surface area contributed by atoms with E-state index in [2.05, 4.69) is 24.3 Å². The fourth-order valence-corrected chi connectivity index (χ4v) is 4.19. The van der Waals surface area contributed by atoms with Gasteiger partial charge in [-0.25, -0.2) is 0 Å². The Morgan fingerprint density at radius 3 is 1.94 bits per heavy atom. The molecule has 0 aliphatic heterocycles. The summed E-state index contributed by atoms with van der Waals surface area (Å²) in [6, 6.07) is 31.3. The number of aliphatic hydroxyl groups is 1. The first-order valence-corrected chi connectivity index (χ1v) is 11.4. The summed E-state index contributed by atoms with van der Waals surface area (Å²) in [5, 5.41) is 19.6. The minimum absolute atomic E-state index is 0. The number of aromatic nitrogens is 2. The van der Waals surface area contributed by atoms with Gasteiger partial charge in [-0.2, -0.15) is 5.10 Å². The molecule has 0 saturated carbocycles. The van der Waals surface area contributed by atoms with E-state index in [1.807, 2.05) is 97.1 Å². The van der Waals surface area contributed by atoms with Gasteiger partial charge in [-0.05, 0) is 29.3 Å². The summed E-state index contributed by atoms with van der Waals surface area (Å²) in [4.78, 5) is 0. The van der Waals surface area contributed by atoms with Gasteiger partial charge in [0, 0.05) is 6.42 Å². The van der Waals surface area contributed by atoms with Crippen molar-refractivity contribution in [3.63, 3.8) is 0 Å². The second kappa shape index (κ2) is 11.5. The van der Waals surface area contributed by atoms with Crippen LogP contribution in [0.3, 0.4) is 0 Å². The minimum Gasteiger partial charge on any atom is -1.00 e. The zero-order chi connectivity index (χ0) is 23.2. The number of benzene rings is 3. The maximum atomic E-state index is 11.9. The average molecular weight is 522 g/mol. The van der Waals surface area contributed by atoms with Crippen molar-refractivity contribution in [1.82, 2.24) is 10.2 Å². The van der Waals surface area contributed by atoms with Gasteiger partial charge in [-0.1, -0.05) is 78.9 Å². The van der Waals surface area contributed by atoms with E-state index >= 15 is 0 Å². The van der Waals surface area contributed by atoms with Gasteiger partial charge < -0.3 is 31.3 Å². The molecule has 0 unspecified atom stereocenters. The van der Waals surface area contributed by atoms with Gasteiger partial charge in [-0.15, -0.1) is 0 Å². The van der Waals surface area contributed by atoms with E-state index < -0.39 is 5.60 Å². The second-order valence-corrected chi connectivity index (χ2v) is 9.05. The van der Waals surface area contributed by atoms with Crippen molar-refractivity contribution in [2.24, 2.45) is 0 Å². The van der Waals surface area contributed by atoms with Crippen LogP contribution in [0.1, 0.15) is 28.9 Å². The van der Waals surface area contributed by atoms with Crippen LogP contribution in [0, 0.1) is 0 Å². The van der Waals surface area contributed by atoms with Crippen molar-refractivity contribution >= 4 is 0 Å². The van der Waals surface area contributed by atoms with Crippen LogP contribution in [0.2, 0.25) is 0 Å². The molecule has 4 rings (SSSR count). The van der Waals surface area contributed by atoms with Gasteiger partial charge in [0.15, 0.2) is 5.60 Å². The van der Waals surface area contributed by atoms with Crippen LogP contribution in [0.25, 0.3) is 0 Å². The Balaban J connectivity index is 0.00000324. The number of halogens is 1. The Morgan fingerprint density at radius 1 is 0.853 bits per heavy atom. The fraction of sp³-hybridized carbons (Fsp3) is 0.250. The number of aromatic amines is 1. The Kier molecular flexibility index (Phi) is 8.67. The van der Waals surface area contributed by atoms with E-state index in [0.717, 1.165) is 46.6 Å². The fourth-order valence-electron chi connectivity index (χ4n) is 4.19. The largest absolute Gasteiger partial charge is 1.00 e. The van der Waals surface area contributed by atoms with Gasteiger partial charge >= 0.3 is 0 Å². The van der Waals surface area contributed by atoms with Crippen molar-refractivity contribution in [2.45, 2.75) is 18.6 Å². The summed E-state index contributed by atoms with van der Waals surface area (Å²) in [6.45, 7) is 2.42. The Labute approximate surface area is 212 Å². The molecule has 2 N–H and O–H groups in total. The summed E-state index contributed by atoms with van der Waals surface area (Å²) in [7, 11) is 4.40. The van der Waals surface area contributed by atoms with E-state index in [9.17, 15) is 5.11 Å². The van der Waals surface area contributed by atoms with Gasteiger partial charge in [0.05, 0.1) is 32.9 Å². The predicted molar refractivity (Wildman–Crippen MR) is 131 cm³/mol. The molecule has 5 nitrogen and oxygen atoms in total. The topological polar surface area (TPSA) is 58.1 Å². The number of hydrogen-bond acceptors (Lipinski definition) is 3. The highest BCUT2D eigenvalue weighted by atomic mass is 79.9. The Hall–Kier alpha value is -2.93. The SMILES string of the molecule is C[N+](C)(CCCOc1ccccc1)Cc1cc(C(O)(c2ccccc2)c2ccccc2)n[nH]1.[Br-]. The lowest BCUT2D eigenvalue weighted by Crippen LogP contribution is -3.00. The molecular weight excluding hydrogens is 490 g/mol. The number of quaternary nitrogens is 1. The number of nitrogens with one attached hydrogen (secondary N) is 1. The molecule has 4 aromatic rings. The molecule has 6 heteroatoms. The lowest BCUT2D eigenvalue weighted by Gasteiger charge is -2.29. The number of para-hydroxylation sites is 1. The van der Waals surface area contributed by atoms with Crippen molar-refractivity contribution in [2.75, 3.05) is 27.2 Å². The number of H-pyrrole nitrogens is 1. The molecule has 0 amide bonds. The smallest absolute Gasteiger partial charge is 0.159 e. The highest BCUT2D eigenvalue weighted by Crippen LogP contribution is 2.35. The summed E-state index contributed by atoms with van der Waals surface area (Å²) < 4.78 is 6.62. The van der Waals surface area contributed by atoms with E-state index in [1.54, 1.807) is 0 Å². The summed E-state index contributed by atoms with van der Waals surface area (Å²) in [5.74, 6) is 0.905. The van der Waals surface area contributed by atoms with Gasteiger partial charge in [0.1, 0.15) is 18.0 Å². The van der Waals surface area contributed by atoms with Crippen LogP contribution < -0.4 is 21.7 Å². The quantitative estimate of drug-likeness (QED) is 0.247. The lowest BCUT2D eigenvalue weighted by molar-refractivity contribution is -0.904. The number of rotatable bonds is 10. The number of nitrogens with zero attached hydrogens (tertiary/aromatic N) is 2. The zero-order valence-corrected chi connectivity index (χ0v) is 21.3. The summed E-state index contributed by atoms with van der Waals surface area (Å²) in [5.41, 5.74) is 1.85. The van der Waals surface area contributed by atoms with E-state index in [4.69, 9.17) is 4.74 Å². The molecule has 0 saturated heterocycles. The predicted octanol–water partition coefficient (Wildman–Crippen LogP) is 1.74. The average Bonchev–Trinajstić information content (AvgIpc) is 3.31. The molecular formula is C28H32BrN3O2. The standard InChI is InChI=1S/C28H32N3O2.BrH/c1-31(2,19-12-20-33-26-17-10-5-11-18-26)22-25-21-27(30-29-25)28(32,23-13-6-3-7-14-23)24-15-8-4-9-16-24;/h3-11,13-18,21,32H,12,19-20,22H2,1-2H3,(H,29,30);1H/q+1;/p-1.